The van der Waals surface area contributed by atoms with Crippen molar-refractivity contribution in [2.45, 2.75) is 52.4 Å². The quantitative estimate of drug-likeness (QED) is 0.440. The van der Waals surface area contributed by atoms with Crippen molar-refractivity contribution in [2.24, 2.45) is 0 Å². The number of benzene rings is 1. The summed E-state index contributed by atoms with van der Waals surface area (Å²) in [6.07, 6.45) is 0. The Morgan fingerprint density at radius 1 is 0.733 bits per heavy atom. The van der Waals surface area contributed by atoms with Gasteiger partial charge >= 0.3 is 0 Å². The summed E-state index contributed by atoms with van der Waals surface area (Å²) in [5, 5.41) is 3.08. The van der Waals surface area contributed by atoms with Crippen LogP contribution in [0.25, 0.3) is 11.0 Å². The first kappa shape index (κ1) is 21.1. The Morgan fingerprint density at radius 2 is 1.30 bits per heavy atom. The van der Waals surface area contributed by atoms with Gasteiger partial charge in [0.1, 0.15) is 24.2 Å². The summed E-state index contributed by atoms with van der Waals surface area (Å²) >= 11 is 3.44. The number of ether oxygens (including phenoxy) is 2. The van der Waals surface area contributed by atoms with E-state index in [-0.39, 0.29) is 0 Å². The highest BCUT2D eigenvalue weighted by atomic mass is 32.1. The lowest BCUT2D eigenvalue weighted by molar-refractivity contribution is 0.176. The molecule has 160 valence electrons. The van der Waals surface area contributed by atoms with Crippen molar-refractivity contribution < 1.29 is 9.47 Å². The van der Waals surface area contributed by atoms with Crippen molar-refractivity contribution in [3.63, 3.8) is 0 Å². The highest BCUT2D eigenvalue weighted by Gasteiger charge is 2.54. The number of nitrogens with zero attached hydrogens (tertiary/aromatic N) is 2. The Labute approximate surface area is 190 Å². The van der Waals surface area contributed by atoms with Crippen molar-refractivity contribution in [3.05, 3.63) is 12.1 Å². The number of hydrogen-bond acceptors (Lipinski definition) is 6. The molecule has 0 atom stereocenters. The third-order valence-corrected chi connectivity index (χ3v) is 48.9. The molecule has 0 radical (unpaired) electrons. The van der Waals surface area contributed by atoms with Crippen LogP contribution in [0.4, 0.5) is 0 Å². The molecule has 2 aliphatic rings. The summed E-state index contributed by atoms with van der Waals surface area (Å²) in [7, 11) is -7.37. The average Bonchev–Trinajstić information content (AvgIpc) is 3.31. The van der Waals surface area contributed by atoms with Crippen LogP contribution in [0.15, 0.2) is 12.1 Å². The van der Waals surface area contributed by atoms with E-state index >= 15 is 0 Å². The van der Waals surface area contributed by atoms with E-state index in [0.717, 1.165) is 22.5 Å². The first-order chi connectivity index (χ1) is 13.9. The fraction of sp³-hybridized carbons (Fsp3) is 0.500. The van der Waals surface area contributed by atoms with Gasteiger partial charge in [-0.2, -0.15) is 8.75 Å². The van der Waals surface area contributed by atoms with Gasteiger partial charge in [0, 0.05) is 9.00 Å². The number of rotatable bonds is 0. The summed E-state index contributed by atoms with van der Waals surface area (Å²) in [5.74, 6) is 2.21. The largest absolute Gasteiger partial charge is 0.485 e. The Morgan fingerprint density at radius 3 is 1.90 bits per heavy atom. The third kappa shape index (κ3) is 2.51. The highest BCUT2D eigenvalue weighted by molar-refractivity contribution is 7.61. The molecule has 0 saturated heterocycles. The molecule has 0 fully saturated rings. The van der Waals surface area contributed by atoms with E-state index in [1.807, 2.05) is 0 Å². The molecule has 0 spiro atoms. The minimum absolute atomic E-state index is 0.666. The van der Waals surface area contributed by atoms with Gasteiger partial charge in [0.15, 0.2) is 11.5 Å². The fourth-order valence-electron chi connectivity index (χ4n) is 4.77. The molecule has 0 aliphatic carbocycles. The maximum absolute atomic E-state index is 6.38. The van der Waals surface area contributed by atoms with Gasteiger partial charge in [-0.25, -0.2) is 0 Å². The van der Waals surface area contributed by atoms with Crippen molar-refractivity contribution in [3.8, 4) is 11.5 Å². The van der Waals surface area contributed by atoms with E-state index < -0.39 is 30.4 Å². The van der Waals surface area contributed by atoms with Gasteiger partial charge in [-0.15, -0.1) is 11.3 Å². The molecule has 5 rings (SSSR count). The zero-order valence-electron chi connectivity index (χ0n) is 19.1. The average molecular weight is 507 g/mol. The number of aromatic nitrogens is 2. The van der Waals surface area contributed by atoms with E-state index in [4.69, 9.17) is 18.2 Å². The van der Waals surface area contributed by atoms with Gasteiger partial charge in [0.05, 0.1) is 42.1 Å². The standard InChI is InChI=1S/C20H30N2O2S2Si4/c1-27(2)13-11-14-16(22-26-21-14)15(12-13)28(3,4)30(7,8)20-18-17(23-9-10-24-18)19(25-20)29(27,5)6/h11-12H,9-10H2,1-8H3. The second-order valence-electron chi connectivity index (χ2n) is 10.8. The van der Waals surface area contributed by atoms with Crippen LogP contribution in [0.3, 0.4) is 0 Å². The molecule has 2 aromatic heterocycles. The van der Waals surface area contributed by atoms with Crippen molar-refractivity contribution in [2.75, 3.05) is 13.2 Å². The monoisotopic (exact) mass is 506 g/mol. The molecule has 4 heterocycles. The molecule has 0 N–H and O–H groups in total. The Hall–Kier alpha value is -0.792. The number of thiophene rings is 1. The summed E-state index contributed by atoms with van der Waals surface area (Å²) in [6, 6.07) is 4.96. The van der Waals surface area contributed by atoms with E-state index in [9.17, 15) is 0 Å². The lowest BCUT2D eigenvalue weighted by atomic mass is 10.3. The van der Waals surface area contributed by atoms with Crippen molar-refractivity contribution in [1.82, 2.24) is 8.75 Å². The van der Waals surface area contributed by atoms with Crippen LogP contribution in [0.2, 0.25) is 52.4 Å². The van der Waals surface area contributed by atoms with Gasteiger partial charge < -0.3 is 9.47 Å². The lowest BCUT2D eigenvalue weighted by Gasteiger charge is -2.42. The van der Waals surface area contributed by atoms with Crippen LogP contribution in [0.1, 0.15) is 0 Å². The molecule has 30 heavy (non-hydrogen) atoms. The maximum Gasteiger partial charge on any atom is 0.170 e. The Bertz CT molecular complexity index is 1180. The molecule has 4 nitrogen and oxygen atoms in total. The smallest absolute Gasteiger partial charge is 0.170 e. The first-order valence-electron chi connectivity index (χ1n) is 10.6. The van der Waals surface area contributed by atoms with Crippen molar-refractivity contribution in [1.29, 1.82) is 0 Å². The van der Waals surface area contributed by atoms with Gasteiger partial charge in [-0.1, -0.05) is 63.6 Å². The molecular formula is C20H30N2O2S2Si4. The molecule has 2 aliphatic heterocycles. The minimum Gasteiger partial charge on any atom is -0.485 e. The normalized spacial score (nSPS) is 22.7. The zero-order valence-corrected chi connectivity index (χ0v) is 24.7. The predicted octanol–water partition coefficient (Wildman–Crippen LogP) is 3.06. The number of hydrogen-bond donors (Lipinski definition) is 0. The van der Waals surface area contributed by atoms with Crippen LogP contribution >= 0.6 is 23.1 Å². The maximum atomic E-state index is 6.38. The van der Waals surface area contributed by atoms with E-state index in [1.165, 1.54) is 25.9 Å². The van der Waals surface area contributed by atoms with Crippen LogP contribution in [0, 0.1) is 0 Å². The minimum atomic E-state index is -1.87. The van der Waals surface area contributed by atoms with Crippen LogP contribution in [-0.2, 0) is 0 Å². The summed E-state index contributed by atoms with van der Waals surface area (Å²) in [5.41, 5.74) is 2.28. The molecule has 10 heteroatoms. The SMILES string of the molecule is C[Si]1(C)c2cc(c3nsnc3c2)[Si](C)(C)[Si](C)(C)c2sc(c3c2OCCO3)[Si]1(C)C. The van der Waals surface area contributed by atoms with Gasteiger partial charge in [-0.05, 0) is 11.3 Å². The first-order valence-corrected chi connectivity index (χ1v) is 26.2. The lowest BCUT2D eigenvalue weighted by Crippen LogP contribution is -2.72. The summed E-state index contributed by atoms with van der Waals surface area (Å²) in [6.45, 7) is 21.8. The topological polar surface area (TPSA) is 44.2 Å². The summed E-state index contributed by atoms with van der Waals surface area (Å²) < 4.78 is 25.3. The van der Waals surface area contributed by atoms with Gasteiger partial charge in [-0.3, -0.25) is 0 Å². The fourth-order valence-corrected chi connectivity index (χ4v) is 30.3. The van der Waals surface area contributed by atoms with E-state index in [2.05, 4.69) is 75.8 Å². The van der Waals surface area contributed by atoms with E-state index in [0.29, 0.717) is 13.2 Å². The predicted molar refractivity (Wildman–Crippen MR) is 141 cm³/mol. The van der Waals surface area contributed by atoms with Crippen molar-refractivity contribution >= 4 is 83.8 Å². The zero-order chi connectivity index (χ0) is 21.7. The van der Waals surface area contributed by atoms with Gasteiger partial charge in [0.2, 0.25) is 0 Å². The molecule has 3 aromatic rings. The van der Waals surface area contributed by atoms with E-state index in [1.54, 1.807) is 5.19 Å². The third-order valence-electron chi connectivity index (χ3n) is 8.42. The molecule has 1 aromatic carbocycles. The molecule has 0 amide bonds. The van der Waals surface area contributed by atoms with Crippen LogP contribution in [-0.4, -0.2) is 52.3 Å². The van der Waals surface area contributed by atoms with Crippen LogP contribution < -0.4 is 28.8 Å². The Balaban J connectivity index is 1.95. The number of fused-ring (bicyclic) bond motifs is 9. The molecular weight excluding hydrogens is 477 g/mol. The molecule has 4 bridgehead atoms. The molecule has 0 unspecified atom stereocenters. The highest BCUT2D eigenvalue weighted by Crippen LogP contribution is 2.40. The molecule has 0 saturated carbocycles. The second-order valence-corrected chi connectivity index (χ2v) is 43.2. The van der Waals surface area contributed by atoms with Gasteiger partial charge in [0.25, 0.3) is 0 Å². The van der Waals surface area contributed by atoms with Crippen LogP contribution in [0.5, 0.6) is 11.5 Å². The second kappa shape index (κ2) is 6.38. The summed E-state index contributed by atoms with van der Waals surface area (Å²) in [4.78, 5) is 0. The Kier molecular flexibility index (Phi) is 4.48.